The number of benzene rings is 3. The van der Waals surface area contributed by atoms with Gasteiger partial charge in [0, 0.05) is 38.7 Å². The van der Waals surface area contributed by atoms with E-state index in [9.17, 15) is 39.5 Å². The van der Waals surface area contributed by atoms with Crippen LogP contribution in [0.15, 0.2) is 128 Å². The second kappa shape index (κ2) is 17.0. The van der Waals surface area contributed by atoms with E-state index >= 15 is 0 Å². The molecule has 0 fully saturated rings. The van der Waals surface area contributed by atoms with Gasteiger partial charge in [-0.05, 0) is 52.0 Å². The molecule has 49 heavy (non-hydrogen) atoms. The van der Waals surface area contributed by atoms with Gasteiger partial charge in [-0.2, -0.15) is 39.5 Å². The number of alkyl halides is 9. The Morgan fingerprint density at radius 1 is 0.367 bits per heavy atom. The topological polar surface area (TPSA) is 38.7 Å². The maximum absolute atomic E-state index is 12.3. The van der Waals surface area contributed by atoms with Gasteiger partial charge in [-0.3, -0.25) is 0 Å². The van der Waals surface area contributed by atoms with Crippen LogP contribution in [0.25, 0.3) is 33.8 Å². The summed E-state index contributed by atoms with van der Waals surface area (Å²) in [7, 11) is 0. The first kappa shape index (κ1) is 38.6. The van der Waals surface area contributed by atoms with Crippen LogP contribution in [0.4, 0.5) is 39.5 Å². The number of rotatable bonds is 3. The predicted octanol–water partition coefficient (Wildman–Crippen LogP) is 10.7. The SMILES string of the molecule is FC(F)(F)c1c[c-]c(-c2ccccn2)cc1.FC(F)(F)c1c[c-]c(-c2ccccn2)cc1.FC(F)(F)c1c[c-]c(-c2ccccn2)cc1.[Ir]. The molecular weight excluding hydrogens is 838 g/mol. The third-order valence-electron chi connectivity index (χ3n) is 6.24. The summed E-state index contributed by atoms with van der Waals surface area (Å²) in [6, 6.07) is 33.4. The van der Waals surface area contributed by atoms with Crippen molar-refractivity contribution in [2.45, 2.75) is 18.5 Å². The average molecular weight is 859 g/mol. The Bertz CT molecular complexity index is 1610. The van der Waals surface area contributed by atoms with Crippen LogP contribution >= 0.6 is 0 Å². The molecule has 0 N–H and O–H groups in total. The maximum Gasteiger partial charge on any atom is 0.381 e. The van der Waals surface area contributed by atoms with Crippen LogP contribution < -0.4 is 0 Å². The third kappa shape index (κ3) is 11.7. The summed E-state index contributed by atoms with van der Waals surface area (Å²) >= 11 is 0. The summed E-state index contributed by atoms with van der Waals surface area (Å²) in [5.74, 6) is 0. The fraction of sp³-hybridized carbons (Fsp3) is 0.0833. The van der Waals surface area contributed by atoms with Crippen LogP contribution in [0.5, 0.6) is 0 Å². The molecule has 3 aromatic heterocycles. The summed E-state index contributed by atoms with van der Waals surface area (Å²) in [4.78, 5) is 12.1. The van der Waals surface area contributed by atoms with E-state index in [2.05, 4.69) is 33.2 Å². The largest absolute Gasteiger partial charge is 0.381 e. The summed E-state index contributed by atoms with van der Waals surface area (Å²) in [6.45, 7) is 0. The fourth-order valence-corrected chi connectivity index (χ4v) is 3.85. The molecule has 3 heterocycles. The second-order valence-electron chi connectivity index (χ2n) is 9.61. The zero-order valence-electron chi connectivity index (χ0n) is 24.7. The van der Waals surface area contributed by atoms with Gasteiger partial charge in [0.05, 0.1) is 0 Å². The number of hydrogen-bond donors (Lipinski definition) is 0. The van der Waals surface area contributed by atoms with Gasteiger partial charge in [0.15, 0.2) is 0 Å². The van der Waals surface area contributed by atoms with Crippen LogP contribution in [-0.2, 0) is 38.6 Å². The minimum Gasteiger partial charge on any atom is -0.305 e. The Morgan fingerprint density at radius 3 is 0.796 bits per heavy atom. The second-order valence-corrected chi connectivity index (χ2v) is 9.61. The molecule has 0 saturated heterocycles. The van der Waals surface area contributed by atoms with Crippen LogP contribution in [0.2, 0.25) is 0 Å². The van der Waals surface area contributed by atoms with Crippen molar-refractivity contribution in [3.05, 3.63) is 163 Å². The molecule has 0 aliphatic rings. The molecule has 0 spiro atoms. The fourth-order valence-electron chi connectivity index (χ4n) is 3.85. The molecule has 0 aliphatic heterocycles. The van der Waals surface area contributed by atoms with Gasteiger partial charge >= 0.3 is 18.5 Å². The Hall–Kier alpha value is -4.87. The van der Waals surface area contributed by atoms with Crippen LogP contribution in [0.3, 0.4) is 0 Å². The molecule has 6 rings (SSSR count). The normalized spacial score (nSPS) is 11.2. The molecule has 3 nitrogen and oxygen atoms in total. The number of halogens is 9. The Labute approximate surface area is 288 Å². The minimum absolute atomic E-state index is 0. The molecule has 6 aromatic rings. The summed E-state index contributed by atoms with van der Waals surface area (Å²) in [6.07, 6.45) is -8.21. The molecule has 0 atom stereocenters. The predicted molar refractivity (Wildman–Crippen MR) is 161 cm³/mol. The monoisotopic (exact) mass is 859 g/mol. The van der Waals surface area contributed by atoms with E-state index in [1.54, 1.807) is 73.2 Å². The van der Waals surface area contributed by atoms with Gasteiger partial charge in [-0.1, -0.05) is 36.4 Å². The number of nitrogens with zero attached hydrogens (tertiary/aromatic N) is 3. The van der Waals surface area contributed by atoms with Crippen LogP contribution in [-0.4, -0.2) is 15.0 Å². The van der Waals surface area contributed by atoms with Crippen molar-refractivity contribution >= 4 is 0 Å². The van der Waals surface area contributed by atoms with Gasteiger partial charge in [-0.15, -0.1) is 89.5 Å². The molecule has 1 radical (unpaired) electrons. The first-order chi connectivity index (χ1) is 22.7. The van der Waals surface area contributed by atoms with Crippen molar-refractivity contribution in [2.75, 3.05) is 0 Å². The van der Waals surface area contributed by atoms with E-state index in [1.807, 2.05) is 0 Å². The van der Waals surface area contributed by atoms with Crippen molar-refractivity contribution in [3.8, 4) is 33.8 Å². The van der Waals surface area contributed by atoms with Gasteiger partial charge < -0.3 is 15.0 Å². The zero-order valence-corrected chi connectivity index (χ0v) is 27.1. The standard InChI is InChI=1S/3C12H7F3N.Ir/c3*13-12(14,15)10-6-4-9(5-7-10)11-3-1-2-8-16-11;/h3*1-4,6-8H;/q3*-1;. The summed E-state index contributed by atoms with van der Waals surface area (Å²) in [5, 5.41) is 0. The van der Waals surface area contributed by atoms with E-state index in [1.165, 1.54) is 18.2 Å². The van der Waals surface area contributed by atoms with E-state index < -0.39 is 35.2 Å². The van der Waals surface area contributed by atoms with Gasteiger partial charge in [0.2, 0.25) is 0 Å². The van der Waals surface area contributed by atoms with Crippen molar-refractivity contribution < 1.29 is 59.6 Å². The first-order valence-corrected chi connectivity index (χ1v) is 13.7. The van der Waals surface area contributed by atoms with E-state index in [0.29, 0.717) is 33.8 Å². The minimum atomic E-state index is -4.32. The molecule has 13 heteroatoms. The van der Waals surface area contributed by atoms with E-state index in [4.69, 9.17) is 0 Å². The van der Waals surface area contributed by atoms with Gasteiger partial charge in [0.25, 0.3) is 0 Å². The molecule has 0 unspecified atom stereocenters. The molecule has 0 amide bonds. The molecule has 0 aliphatic carbocycles. The van der Waals surface area contributed by atoms with E-state index in [-0.39, 0.29) is 20.1 Å². The molecule has 0 saturated carbocycles. The number of pyridine rings is 3. The quantitative estimate of drug-likeness (QED) is 0.131. The smallest absolute Gasteiger partial charge is 0.305 e. The number of hydrogen-bond acceptors (Lipinski definition) is 3. The summed E-state index contributed by atoms with van der Waals surface area (Å²) in [5.41, 5.74) is 1.37. The van der Waals surface area contributed by atoms with Crippen molar-refractivity contribution in [3.63, 3.8) is 0 Å². The Kier molecular flexibility index (Phi) is 13.4. The molecule has 255 valence electrons. The van der Waals surface area contributed by atoms with Crippen molar-refractivity contribution in [2.24, 2.45) is 0 Å². The molecular formula is C36H21F9IrN3-3. The van der Waals surface area contributed by atoms with Gasteiger partial charge in [-0.25, -0.2) is 0 Å². The zero-order chi connectivity index (χ0) is 34.8. The summed E-state index contributed by atoms with van der Waals surface area (Å²) < 4.78 is 111. The van der Waals surface area contributed by atoms with Crippen LogP contribution in [0, 0.1) is 18.2 Å². The maximum atomic E-state index is 12.3. The average Bonchev–Trinajstić information content (AvgIpc) is 3.09. The Balaban J connectivity index is 0.000000197. The Morgan fingerprint density at radius 2 is 0.633 bits per heavy atom. The van der Waals surface area contributed by atoms with Crippen LogP contribution in [0.1, 0.15) is 16.7 Å². The molecule has 0 bridgehead atoms. The first-order valence-electron chi connectivity index (χ1n) is 13.7. The molecule has 3 aromatic carbocycles. The number of aromatic nitrogens is 3. The van der Waals surface area contributed by atoms with Crippen molar-refractivity contribution in [1.82, 2.24) is 15.0 Å². The third-order valence-corrected chi connectivity index (χ3v) is 6.24. The van der Waals surface area contributed by atoms with Crippen molar-refractivity contribution in [1.29, 1.82) is 0 Å². The van der Waals surface area contributed by atoms with E-state index in [0.717, 1.165) is 36.4 Å². The van der Waals surface area contributed by atoms with Gasteiger partial charge in [0.1, 0.15) is 0 Å².